The molecule has 0 bridgehead atoms. The van der Waals surface area contributed by atoms with E-state index in [1.807, 2.05) is 12.1 Å². The Morgan fingerprint density at radius 3 is 3.04 bits per heavy atom. The van der Waals surface area contributed by atoms with Gasteiger partial charge in [0.05, 0.1) is 29.3 Å². The number of thioether (sulfide) groups is 1. The minimum absolute atomic E-state index is 0.0352. The highest BCUT2D eigenvalue weighted by Gasteiger charge is 2.12. The zero-order chi connectivity index (χ0) is 18.4. The number of rotatable bonds is 8. The highest BCUT2D eigenvalue weighted by atomic mass is 32.2. The van der Waals surface area contributed by atoms with E-state index in [2.05, 4.69) is 20.5 Å². The molecule has 8 nitrogen and oxygen atoms in total. The Morgan fingerprint density at radius 2 is 2.23 bits per heavy atom. The second-order valence-electron chi connectivity index (χ2n) is 5.18. The van der Waals surface area contributed by atoms with Gasteiger partial charge in [0, 0.05) is 13.7 Å². The predicted molar refractivity (Wildman–Crippen MR) is 101 cm³/mol. The molecule has 0 fully saturated rings. The number of hydrogen-bond acceptors (Lipinski definition) is 9. The molecule has 0 spiro atoms. The molecule has 2 aromatic heterocycles. The van der Waals surface area contributed by atoms with Crippen molar-refractivity contribution >= 4 is 39.1 Å². The van der Waals surface area contributed by atoms with E-state index in [1.54, 1.807) is 25.3 Å². The predicted octanol–water partition coefficient (Wildman–Crippen LogP) is 2.12. The molecule has 2 heterocycles. The van der Waals surface area contributed by atoms with Crippen molar-refractivity contribution in [3.63, 3.8) is 0 Å². The highest BCUT2D eigenvalue weighted by molar-refractivity contribution is 8.00. The largest absolute Gasteiger partial charge is 0.383 e. The molecule has 0 radical (unpaired) electrons. The van der Waals surface area contributed by atoms with Crippen molar-refractivity contribution in [1.29, 1.82) is 5.26 Å². The van der Waals surface area contributed by atoms with Crippen LogP contribution in [0.3, 0.4) is 0 Å². The first-order valence-corrected chi connectivity index (χ1v) is 9.57. The molecule has 0 atom stereocenters. The van der Waals surface area contributed by atoms with Gasteiger partial charge in [0.25, 0.3) is 5.56 Å². The molecule has 3 rings (SSSR count). The fourth-order valence-corrected chi connectivity index (χ4v) is 4.01. The smallest absolute Gasteiger partial charge is 0.262 e. The fraction of sp³-hybridized carbons (Fsp3) is 0.312. The quantitative estimate of drug-likeness (QED) is 0.462. The van der Waals surface area contributed by atoms with Gasteiger partial charge >= 0.3 is 0 Å². The number of nitrogens with zero attached hydrogens (tertiary/aromatic N) is 5. The van der Waals surface area contributed by atoms with Gasteiger partial charge < -0.3 is 10.1 Å². The zero-order valence-electron chi connectivity index (χ0n) is 14.0. The summed E-state index contributed by atoms with van der Waals surface area (Å²) in [5.41, 5.74) is 0.424. The molecular formula is C16H16N6O2S2. The number of anilines is 1. The molecule has 0 aliphatic heterocycles. The van der Waals surface area contributed by atoms with E-state index in [0.717, 1.165) is 4.34 Å². The lowest BCUT2D eigenvalue weighted by molar-refractivity contribution is 0.211. The fourth-order valence-electron chi connectivity index (χ4n) is 2.28. The van der Waals surface area contributed by atoms with Gasteiger partial charge in [-0.1, -0.05) is 35.2 Å². The molecule has 0 saturated heterocycles. The summed E-state index contributed by atoms with van der Waals surface area (Å²) in [7, 11) is 1.64. The average Bonchev–Trinajstić information content (AvgIpc) is 3.11. The number of methoxy groups -OCH3 is 1. The van der Waals surface area contributed by atoms with Crippen LogP contribution in [0.15, 0.2) is 33.4 Å². The first kappa shape index (κ1) is 18.3. The Balaban J connectivity index is 1.79. The third-order valence-electron chi connectivity index (χ3n) is 3.48. The van der Waals surface area contributed by atoms with Crippen molar-refractivity contribution in [3.8, 4) is 6.07 Å². The third-order valence-corrected chi connectivity index (χ3v) is 5.49. The van der Waals surface area contributed by atoms with Crippen LogP contribution in [0, 0.1) is 11.3 Å². The number of nitrogens with one attached hydrogen (secondary N) is 1. The molecule has 0 unspecified atom stereocenters. The summed E-state index contributed by atoms with van der Waals surface area (Å²) in [6, 6.07) is 9.17. The van der Waals surface area contributed by atoms with Crippen LogP contribution in [0.5, 0.6) is 0 Å². The standard InChI is InChI=1S/C16H16N6O2S2/c1-24-9-7-18-15-20-21-16(26-15)25-10-13-19-12-5-3-2-4-11(12)14(23)22(13)8-6-17/h2-5H,7-10H2,1H3,(H,18,20). The van der Waals surface area contributed by atoms with Crippen LogP contribution in [-0.4, -0.2) is 40.0 Å². The SMILES string of the molecule is COCCNc1nnc(SCc2nc3ccccc3c(=O)n2CC#N)s1. The summed E-state index contributed by atoms with van der Waals surface area (Å²) < 4.78 is 7.15. The maximum atomic E-state index is 12.6. The van der Waals surface area contributed by atoms with Crippen LogP contribution in [-0.2, 0) is 17.0 Å². The zero-order valence-corrected chi connectivity index (χ0v) is 15.6. The molecule has 1 N–H and O–H groups in total. The van der Waals surface area contributed by atoms with Crippen molar-refractivity contribution < 1.29 is 4.74 Å². The Labute approximate surface area is 157 Å². The van der Waals surface area contributed by atoms with E-state index in [1.165, 1.54) is 27.7 Å². The lowest BCUT2D eigenvalue weighted by Gasteiger charge is -2.09. The van der Waals surface area contributed by atoms with Crippen molar-refractivity contribution in [2.75, 3.05) is 25.6 Å². The molecule has 26 heavy (non-hydrogen) atoms. The Bertz CT molecular complexity index is 994. The first-order valence-electron chi connectivity index (χ1n) is 7.77. The minimum atomic E-state index is -0.202. The maximum absolute atomic E-state index is 12.6. The Kier molecular flexibility index (Phi) is 6.17. The lowest BCUT2D eigenvalue weighted by Crippen LogP contribution is -2.24. The second kappa shape index (κ2) is 8.75. The number of ether oxygens (including phenoxy) is 1. The minimum Gasteiger partial charge on any atom is -0.383 e. The molecule has 0 amide bonds. The van der Waals surface area contributed by atoms with Crippen molar-refractivity contribution in [2.24, 2.45) is 0 Å². The van der Waals surface area contributed by atoms with Crippen molar-refractivity contribution in [1.82, 2.24) is 19.7 Å². The molecule has 134 valence electrons. The summed E-state index contributed by atoms with van der Waals surface area (Å²) in [6.45, 7) is 1.21. The summed E-state index contributed by atoms with van der Waals surface area (Å²) in [5, 5.41) is 21.6. The van der Waals surface area contributed by atoms with Gasteiger partial charge in [-0.05, 0) is 12.1 Å². The lowest BCUT2D eigenvalue weighted by atomic mass is 10.2. The molecule has 0 saturated carbocycles. The van der Waals surface area contributed by atoms with E-state index >= 15 is 0 Å². The van der Waals surface area contributed by atoms with Crippen LogP contribution in [0.4, 0.5) is 5.13 Å². The van der Waals surface area contributed by atoms with E-state index < -0.39 is 0 Å². The van der Waals surface area contributed by atoms with E-state index in [0.29, 0.717) is 40.8 Å². The van der Waals surface area contributed by atoms with Crippen LogP contribution < -0.4 is 10.9 Å². The van der Waals surface area contributed by atoms with Crippen molar-refractivity contribution in [3.05, 3.63) is 40.4 Å². The van der Waals surface area contributed by atoms with Gasteiger partial charge in [0.15, 0.2) is 4.34 Å². The molecule has 0 aliphatic carbocycles. The Hall–Kier alpha value is -2.48. The summed E-state index contributed by atoms with van der Waals surface area (Å²) in [4.78, 5) is 17.2. The van der Waals surface area contributed by atoms with Crippen LogP contribution in [0.1, 0.15) is 5.82 Å². The number of aromatic nitrogens is 4. The molecule has 3 aromatic rings. The summed E-state index contributed by atoms with van der Waals surface area (Å²) in [6.07, 6.45) is 0. The van der Waals surface area contributed by atoms with Crippen LogP contribution in [0.25, 0.3) is 10.9 Å². The van der Waals surface area contributed by atoms with Gasteiger partial charge in [-0.15, -0.1) is 10.2 Å². The summed E-state index contributed by atoms with van der Waals surface area (Å²) in [5.74, 6) is 0.971. The summed E-state index contributed by atoms with van der Waals surface area (Å²) >= 11 is 2.86. The number of hydrogen-bond donors (Lipinski definition) is 1. The normalized spacial score (nSPS) is 10.8. The number of para-hydroxylation sites is 1. The number of nitriles is 1. The molecular weight excluding hydrogens is 372 g/mol. The van der Waals surface area contributed by atoms with Gasteiger partial charge in [-0.3, -0.25) is 9.36 Å². The third kappa shape index (κ3) is 4.19. The van der Waals surface area contributed by atoms with Crippen LogP contribution >= 0.6 is 23.1 Å². The van der Waals surface area contributed by atoms with Gasteiger partial charge in [-0.25, -0.2) is 4.98 Å². The van der Waals surface area contributed by atoms with E-state index in [-0.39, 0.29) is 12.1 Å². The number of fused-ring (bicyclic) bond motifs is 1. The Morgan fingerprint density at radius 1 is 1.38 bits per heavy atom. The molecule has 1 aromatic carbocycles. The maximum Gasteiger partial charge on any atom is 0.262 e. The van der Waals surface area contributed by atoms with Gasteiger partial charge in [0.2, 0.25) is 5.13 Å². The average molecular weight is 388 g/mol. The van der Waals surface area contributed by atoms with E-state index in [4.69, 9.17) is 10.00 Å². The molecule has 0 aliphatic rings. The topological polar surface area (TPSA) is 106 Å². The van der Waals surface area contributed by atoms with E-state index in [9.17, 15) is 4.79 Å². The highest BCUT2D eigenvalue weighted by Crippen LogP contribution is 2.27. The van der Waals surface area contributed by atoms with Gasteiger partial charge in [-0.2, -0.15) is 5.26 Å². The van der Waals surface area contributed by atoms with Gasteiger partial charge in [0.1, 0.15) is 12.4 Å². The number of benzene rings is 1. The van der Waals surface area contributed by atoms with Crippen LogP contribution in [0.2, 0.25) is 0 Å². The first-order chi connectivity index (χ1) is 12.7. The molecule has 10 heteroatoms. The monoisotopic (exact) mass is 388 g/mol. The van der Waals surface area contributed by atoms with Crippen molar-refractivity contribution in [2.45, 2.75) is 16.6 Å². The second-order valence-corrected chi connectivity index (χ2v) is 7.38.